The van der Waals surface area contributed by atoms with Crippen LogP contribution in [0.15, 0.2) is 24.3 Å². The summed E-state index contributed by atoms with van der Waals surface area (Å²) >= 11 is 0. The van der Waals surface area contributed by atoms with Crippen LogP contribution in [0.5, 0.6) is 0 Å². The predicted molar refractivity (Wildman–Crippen MR) is 70.3 cm³/mol. The van der Waals surface area contributed by atoms with Gasteiger partial charge in [0.15, 0.2) is 0 Å². The van der Waals surface area contributed by atoms with E-state index in [9.17, 15) is 4.79 Å². The number of unbranched alkanes of at least 4 members (excludes halogenated alkanes) is 2. The molecule has 0 aliphatic heterocycles. The first-order valence-electron chi connectivity index (χ1n) is 6.31. The number of rotatable bonds is 6. The molecule has 0 bridgehead atoms. The molecule has 1 aromatic carbocycles. The van der Waals surface area contributed by atoms with Crippen LogP contribution in [0.2, 0.25) is 0 Å². The van der Waals surface area contributed by atoms with Gasteiger partial charge in [-0.25, -0.2) is 0 Å². The quantitative estimate of drug-likeness (QED) is 0.760. The Kier molecular flexibility index (Phi) is 4.73. The molecule has 2 nitrogen and oxygen atoms in total. The van der Waals surface area contributed by atoms with Gasteiger partial charge in [-0.1, -0.05) is 44.0 Å². The van der Waals surface area contributed by atoms with Crippen LogP contribution < -0.4 is 0 Å². The second-order valence-corrected chi connectivity index (χ2v) is 5.08. The number of benzene rings is 1. The van der Waals surface area contributed by atoms with E-state index in [1.54, 1.807) is 13.8 Å². The maximum absolute atomic E-state index is 11.1. The molecule has 0 fully saturated rings. The molecule has 0 radical (unpaired) electrons. The Balaban J connectivity index is 2.71. The third-order valence-electron chi connectivity index (χ3n) is 3.28. The fraction of sp³-hybridized carbons (Fsp3) is 0.533. The summed E-state index contributed by atoms with van der Waals surface area (Å²) in [6.45, 7) is 5.67. The minimum atomic E-state index is -0.804. The van der Waals surface area contributed by atoms with E-state index in [0.29, 0.717) is 0 Å². The first-order chi connectivity index (χ1) is 7.98. The summed E-state index contributed by atoms with van der Waals surface area (Å²) in [5, 5.41) is 9.14. The maximum atomic E-state index is 11.1. The van der Waals surface area contributed by atoms with E-state index in [-0.39, 0.29) is 0 Å². The number of aryl methyl sites for hydroxylation is 1. The standard InChI is InChI=1S/C15H22O2/c1-4-5-6-7-12-8-10-13(11-9-12)15(2,3)14(16)17/h8-11H,4-7H2,1-3H3,(H,16,17). The summed E-state index contributed by atoms with van der Waals surface area (Å²) in [5.41, 5.74) is 1.36. The van der Waals surface area contributed by atoms with Crippen LogP contribution in [0.3, 0.4) is 0 Å². The van der Waals surface area contributed by atoms with Crippen molar-refractivity contribution in [3.63, 3.8) is 0 Å². The van der Waals surface area contributed by atoms with Crippen LogP contribution in [0.4, 0.5) is 0 Å². The molecule has 0 heterocycles. The van der Waals surface area contributed by atoms with Crippen molar-refractivity contribution >= 4 is 5.97 Å². The molecular weight excluding hydrogens is 212 g/mol. The molecule has 0 atom stereocenters. The third-order valence-corrected chi connectivity index (χ3v) is 3.28. The molecule has 0 saturated carbocycles. The van der Waals surface area contributed by atoms with Gasteiger partial charge >= 0.3 is 5.97 Å². The Morgan fingerprint density at radius 1 is 1.18 bits per heavy atom. The van der Waals surface area contributed by atoms with E-state index in [4.69, 9.17) is 5.11 Å². The Morgan fingerprint density at radius 2 is 1.76 bits per heavy atom. The summed E-state index contributed by atoms with van der Waals surface area (Å²) in [5.74, 6) is -0.781. The van der Waals surface area contributed by atoms with Crippen molar-refractivity contribution in [3.05, 3.63) is 35.4 Å². The van der Waals surface area contributed by atoms with Gasteiger partial charge in [0.1, 0.15) is 0 Å². The number of hydrogen-bond acceptors (Lipinski definition) is 1. The van der Waals surface area contributed by atoms with Crippen molar-refractivity contribution in [1.29, 1.82) is 0 Å². The zero-order chi connectivity index (χ0) is 12.9. The summed E-state index contributed by atoms with van der Waals surface area (Å²) in [4.78, 5) is 11.1. The van der Waals surface area contributed by atoms with Crippen LogP contribution in [-0.4, -0.2) is 11.1 Å². The molecular formula is C15H22O2. The molecule has 1 aromatic rings. The Hall–Kier alpha value is -1.31. The number of aliphatic carboxylic acids is 1. The topological polar surface area (TPSA) is 37.3 Å². The summed E-state index contributed by atoms with van der Waals surface area (Å²) in [6.07, 6.45) is 4.77. The Bertz CT molecular complexity index is 363. The first-order valence-corrected chi connectivity index (χ1v) is 6.31. The highest BCUT2D eigenvalue weighted by Crippen LogP contribution is 2.24. The second-order valence-electron chi connectivity index (χ2n) is 5.08. The first kappa shape index (κ1) is 13.8. The van der Waals surface area contributed by atoms with Gasteiger partial charge in [-0.15, -0.1) is 0 Å². The molecule has 2 heteroatoms. The maximum Gasteiger partial charge on any atom is 0.313 e. The zero-order valence-electron chi connectivity index (χ0n) is 11.0. The van der Waals surface area contributed by atoms with Crippen molar-refractivity contribution in [1.82, 2.24) is 0 Å². The molecule has 1 rings (SSSR count). The summed E-state index contributed by atoms with van der Waals surface area (Å²) < 4.78 is 0. The molecule has 0 aliphatic rings. The summed E-state index contributed by atoms with van der Waals surface area (Å²) in [7, 11) is 0. The third kappa shape index (κ3) is 3.58. The molecule has 0 spiro atoms. The number of hydrogen-bond donors (Lipinski definition) is 1. The highest BCUT2D eigenvalue weighted by Gasteiger charge is 2.28. The molecule has 0 amide bonds. The molecule has 17 heavy (non-hydrogen) atoms. The lowest BCUT2D eigenvalue weighted by Crippen LogP contribution is -2.28. The monoisotopic (exact) mass is 234 g/mol. The molecule has 0 aliphatic carbocycles. The lowest BCUT2D eigenvalue weighted by atomic mass is 9.84. The highest BCUT2D eigenvalue weighted by molar-refractivity contribution is 5.80. The van der Waals surface area contributed by atoms with Gasteiger partial charge in [0.2, 0.25) is 0 Å². The lowest BCUT2D eigenvalue weighted by molar-refractivity contribution is -0.142. The average molecular weight is 234 g/mol. The van der Waals surface area contributed by atoms with E-state index in [1.807, 2.05) is 12.1 Å². The van der Waals surface area contributed by atoms with Crippen LogP contribution >= 0.6 is 0 Å². The van der Waals surface area contributed by atoms with Crippen LogP contribution in [0.25, 0.3) is 0 Å². The van der Waals surface area contributed by atoms with Gasteiger partial charge < -0.3 is 5.11 Å². The van der Waals surface area contributed by atoms with Gasteiger partial charge in [0, 0.05) is 0 Å². The Labute approximate surface area is 104 Å². The fourth-order valence-corrected chi connectivity index (χ4v) is 1.79. The van der Waals surface area contributed by atoms with Crippen molar-refractivity contribution in [2.24, 2.45) is 0 Å². The number of carboxylic acid groups (broad SMARTS) is 1. The van der Waals surface area contributed by atoms with Crippen LogP contribution in [0.1, 0.15) is 51.2 Å². The molecule has 0 aromatic heterocycles. The van der Waals surface area contributed by atoms with E-state index in [0.717, 1.165) is 12.0 Å². The van der Waals surface area contributed by atoms with E-state index >= 15 is 0 Å². The van der Waals surface area contributed by atoms with E-state index in [1.165, 1.54) is 24.8 Å². The SMILES string of the molecule is CCCCCc1ccc(C(C)(C)C(=O)O)cc1. The fourth-order valence-electron chi connectivity index (χ4n) is 1.79. The van der Waals surface area contributed by atoms with Crippen LogP contribution in [-0.2, 0) is 16.6 Å². The number of carbonyl (C=O) groups is 1. The summed E-state index contributed by atoms with van der Waals surface area (Å²) in [6, 6.07) is 7.98. The van der Waals surface area contributed by atoms with Crippen molar-refractivity contribution in [3.8, 4) is 0 Å². The Morgan fingerprint density at radius 3 is 2.24 bits per heavy atom. The minimum Gasteiger partial charge on any atom is -0.481 e. The van der Waals surface area contributed by atoms with E-state index < -0.39 is 11.4 Å². The molecule has 0 saturated heterocycles. The minimum absolute atomic E-state index is 0.781. The van der Waals surface area contributed by atoms with Crippen molar-refractivity contribution < 1.29 is 9.90 Å². The smallest absolute Gasteiger partial charge is 0.313 e. The normalized spacial score (nSPS) is 11.5. The largest absolute Gasteiger partial charge is 0.481 e. The number of carboxylic acids is 1. The van der Waals surface area contributed by atoms with Gasteiger partial charge in [0.25, 0.3) is 0 Å². The van der Waals surface area contributed by atoms with Crippen molar-refractivity contribution in [2.45, 2.75) is 51.9 Å². The van der Waals surface area contributed by atoms with Gasteiger partial charge in [-0.2, -0.15) is 0 Å². The molecule has 94 valence electrons. The van der Waals surface area contributed by atoms with Gasteiger partial charge in [-0.05, 0) is 37.8 Å². The van der Waals surface area contributed by atoms with Gasteiger partial charge in [-0.3, -0.25) is 4.79 Å². The highest BCUT2D eigenvalue weighted by atomic mass is 16.4. The average Bonchev–Trinajstić information content (AvgIpc) is 2.30. The molecule has 1 N–H and O–H groups in total. The van der Waals surface area contributed by atoms with E-state index in [2.05, 4.69) is 19.1 Å². The van der Waals surface area contributed by atoms with Gasteiger partial charge in [0.05, 0.1) is 5.41 Å². The second kappa shape index (κ2) is 5.85. The zero-order valence-corrected chi connectivity index (χ0v) is 11.0. The van der Waals surface area contributed by atoms with Crippen LogP contribution in [0, 0.1) is 0 Å². The molecule has 0 unspecified atom stereocenters. The predicted octanol–water partition coefficient (Wildman–Crippen LogP) is 3.78. The van der Waals surface area contributed by atoms with Crippen molar-refractivity contribution in [2.75, 3.05) is 0 Å². The lowest BCUT2D eigenvalue weighted by Gasteiger charge is -2.19.